The largest absolute Gasteiger partial charge is 0.390 e. The lowest BCUT2D eigenvalue weighted by Crippen LogP contribution is -2.63. The van der Waals surface area contributed by atoms with Crippen molar-refractivity contribution in [2.45, 2.75) is 216 Å². The molecule has 1 aliphatic rings. The van der Waals surface area contributed by atoms with E-state index in [1.807, 2.05) is 55.4 Å². The fourth-order valence-electron chi connectivity index (χ4n) is 10.5. The Labute approximate surface area is 508 Å². The summed E-state index contributed by atoms with van der Waals surface area (Å²) in [6, 6.07) is -12.7. The normalized spacial score (nSPS) is 26.8. The number of allylic oxidation sites excluding steroid dienone is 2. The minimum atomic E-state index is -1.62. The molecule has 5 N–H and O–H groups in total. The van der Waals surface area contributed by atoms with Crippen LogP contribution in [0.3, 0.4) is 0 Å². The molecule has 23 heteroatoms. The van der Waals surface area contributed by atoms with Crippen LogP contribution in [0.15, 0.2) is 24.3 Å². The number of rotatable bonds is 15. The van der Waals surface area contributed by atoms with Crippen molar-refractivity contribution in [3.8, 4) is 0 Å². The van der Waals surface area contributed by atoms with Crippen LogP contribution in [0.1, 0.15) is 149 Å². The van der Waals surface area contributed by atoms with E-state index < -0.39 is 150 Å². The van der Waals surface area contributed by atoms with Gasteiger partial charge in [0.2, 0.25) is 65.0 Å². The molecule has 484 valence electrons. The van der Waals surface area contributed by atoms with Crippen LogP contribution in [0.4, 0.5) is 0 Å². The van der Waals surface area contributed by atoms with Gasteiger partial charge in [0.15, 0.2) is 0 Å². The van der Waals surface area contributed by atoms with Crippen LogP contribution in [0, 0.1) is 35.5 Å². The van der Waals surface area contributed by atoms with Gasteiger partial charge in [-0.3, -0.25) is 52.7 Å². The van der Waals surface area contributed by atoms with Crippen LogP contribution in [-0.4, -0.2) is 227 Å². The minimum absolute atomic E-state index is 0.0146. The summed E-state index contributed by atoms with van der Waals surface area (Å²) in [5, 5.41) is 22.9. The number of hydrogen-bond donors (Lipinski definition) is 5. The standard InChI is InChI=1S/C62H109N11O12/c1-25-27-28-40(15)52(75)51-56(79)65-43(26-2)58(81)67(18)33-48(74)68(19)44(29-34(3)4)55(78)66-49(38(11)12)61(84)69(20)45(30-35(5)6)54(77)63-41(16)53(76)64-42(17)57(80)70(21)46(31-36(7)8)59(82)71(22)47(32-37(9)10)60(83)72(23)50(39(13)14)62(85)73(51)24/h25,27,34-37,39-47,49-52,75H,11,26,28-33H2,1-10,12-24H3,(H,63,77)(H,64,76)(H,65,79)(H,66,78)/b27-25+/t40-,41+,42-,43+,44+,45+,46+,47+,49+,50+,51+,52-/m1/s1. The van der Waals surface area contributed by atoms with Crippen LogP contribution in [0.25, 0.3) is 0 Å². The van der Waals surface area contributed by atoms with Crippen molar-refractivity contribution in [1.82, 2.24) is 55.6 Å². The SMILES string of the molecule is C=C(C)[C@@H]1NC(=O)[C@H](CC(C)C)N(C)C(=O)CN(C)C(=O)[C@H](CC)NC(=O)[C@H]([C@H](O)[C@H](C)C/C=C/C)N(C)C(=O)[C@H](C(C)C)N(C)C(=O)[C@H](CC(C)C)N(C)C(=O)[C@H](CC(C)C)N(C)C(=O)[C@@H](C)NC(=O)[C@H](C)NC(=O)[C@H](CC(C)C)N(C)C1=O. The van der Waals surface area contributed by atoms with Crippen molar-refractivity contribution in [1.29, 1.82) is 0 Å². The van der Waals surface area contributed by atoms with Crippen molar-refractivity contribution in [3.63, 3.8) is 0 Å². The first-order chi connectivity index (χ1) is 39.2. The lowest BCUT2D eigenvalue weighted by atomic mass is 9.91. The zero-order chi connectivity index (χ0) is 66.0. The third-order valence-electron chi connectivity index (χ3n) is 15.9. The van der Waals surface area contributed by atoms with E-state index in [0.717, 1.165) is 9.80 Å². The average molecular weight is 1200 g/mol. The van der Waals surface area contributed by atoms with E-state index in [1.54, 1.807) is 46.8 Å². The number of nitrogens with one attached hydrogen (secondary N) is 4. The van der Waals surface area contributed by atoms with Crippen molar-refractivity contribution in [2.75, 3.05) is 55.9 Å². The number of aliphatic hydroxyl groups is 1. The number of nitrogens with zero attached hydrogens (tertiary/aromatic N) is 7. The van der Waals surface area contributed by atoms with E-state index in [1.165, 1.54) is 94.6 Å². The molecule has 1 fully saturated rings. The Morgan fingerprint density at radius 2 is 0.929 bits per heavy atom. The molecule has 12 atom stereocenters. The van der Waals surface area contributed by atoms with E-state index in [4.69, 9.17) is 0 Å². The molecule has 0 aromatic heterocycles. The lowest BCUT2D eigenvalue weighted by Gasteiger charge is -2.41. The van der Waals surface area contributed by atoms with Gasteiger partial charge in [-0.1, -0.05) is 102 Å². The van der Waals surface area contributed by atoms with Gasteiger partial charge in [0, 0.05) is 49.3 Å². The van der Waals surface area contributed by atoms with E-state index in [9.17, 15) is 48.3 Å². The second-order valence-corrected chi connectivity index (χ2v) is 25.7. The van der Waals surface area contributed by atoms with Gasteiger partial charge in [0.1, 0.15) is 60.4 Å². The van der Waals surface area contributed by atoms with Crippen LogP contribution in [0.2, 0.25) is 0 Å². The fraction of sp³-hybridized carbons (Fsp3) is 0.758. The molecule has 0 aromatic carbocycles. The van der Waals surface area contributed by atoms with Crippen molar-refractivity contribution in [2.24, 2.45) is 35.5 Å². The first-order valence-corrected chi connectivity index (χ1v) is 30.2. The van der Waals surface area contributed by atoms with Crippen LogP contribution < -0.4 is 21.3 Å². The molecule has 0 unspecified atom stereocenters. The number of likely N-dealkylation sites (N-methyl/N-ethyl adjacent to an activating group) is 7. The maximum Gasteiger partial charge on any atom is 0.249 e. The number of carbonyl (C=O) groups is 11. The van der Waals surface area contributed by atoms with Gasteiger partial charge in [-0.05, 0) is 107 Å². The highest BCUT2D eigenvalue weighted by Gasteiger charge is 2.45. The summed E-state index contributed by atoms with van der Waals surface area (Å²) < 4.78 is 0. The number of aliphatic hydroxyl groups excluding tert-OH is 1. The van der Waals surface area contributed by atoms with Gasteiger partial charge < -0.3 is 60.7 Å². The molecule has 23 nitrogen and oxygen atoms in total. The maximum absolute atomic E-state index is 15.1. The Balaban J connectivity index is 4.32. The topological polar surface area (TPSA) is 279 Å². The van der Waals surface area contributed by atoms with E-state index >= 15 is 9.59 Å². The molecule has 1 heterocycles. The molecule has 11 amide bonds. The Morgan fingerprint density at radius 3 is 1.38 bits per heavy atom. The number of amides is 11. The van der Waals surface area contributed by atoms with Gasteiger partial charge in [0.05, 0.1) is 12.6 Å². The third-order valence-corrected chi connectivity index (χ3v) is 15.9. The molecular formula is C62H109N11O12. The predicted molar refractivity (Wildman–Crippen MR) is 328 cm³/mol. The number of carbonyl (C=O) groups excluding carboxylic acids is 11. The van der Waals surface area contributed by atoms with Gasteiger partial charge in [-0.25, -0.2) is 0 Å². The predicted octanol–water partition coefficient (Wildman–Crippen LogP) is 3.19. The van der Waals surface area contributed by atoms with E-state index in [2.05, 4.69) is 27.8 Å². The Morgan fingerprint density at radius 1 is 0.518 bits per heavy atom. The van der Waals surface area contributed by atoms with Gasteiger partial charge >= 0.3 is 0 Å². The van der Waals surface area contributed by atoms with Crippen LogP contribution in [-0.2, 0) is 52.7 Å². The zero-order valence-electron chi connectivity index (χ0n) is 55.7. The van der Waals surface area contributed by atoms with Gasteiger partial charge in [-0.15, -0.1) is 0 Å². The molecule has 0 aromatic rings. The Bertz CT molecular complexity index is 2380. The Hall–Kier alpha value is -6.39. The highest BCUT2D eigenvalue weighted by atomic mass is 16.3. The maximum atomic E-state index is 15.1. The van der Waals surface area contributed by atoms with Gasteiger partial charge in [-0.2, -0.15) is 0 Å². The quantitative estimate of drug-likeness (QED) is 0.148. The first kappa shape index (κ1) is 76.6. The molecule has 1 rings (SSSR count). The Kier molecular flexibility index (Phi) is 31.3. The summed E-state index contributed by atoms with van der Waals surface area (Å²) in [7, 11) is 9.82. The number of hydrogen-bond acceptors (Lipinski definition) is 12. The van der Waals surface area contributed by atoms with Crippen LogP contribution >= 0.6 is 0 Å². The molecular weight excluding hydrogens is 1090 g/mol. The van der Waals surface area contributed by atoms with Crippen molar-refractivity contribution >= 4 is 65.0 Å². The van der Waals surface area contributed by atoms with Crippen molar-refractivity contribution in [3.05, 3.63) is 24.3 Å². The summed E-state index contributed by atoms with van der Waals surface area (Å²) in [6.07, 6.45) is 2.95. The lowest BCUT2D eigenvalue weighted by molar-refractivity contribution is -0.157. The molecule has 0 saturated carbocycles. The molecule has 1 aliphatic heterocycles. The fourth-order valence-corrected chi connectivity index (χ4v) is 10.5. The smallest absolute Gasteiger partial charge is 0.249 e. The monoisotopic (exact) mass is 1200 g/mol. The van der Waals surface area contributed by atoms with Gasteiger partial charge in [0.25, 0.3) is 0 Å². The second kappa shape index (κ2) is 34.7. The molecule has 0 aliphatic carbocycles. The molecule has 0 bridgehead atoms. The molecule has 0 spiro atoms. The average Bonchev–Trinajstić information content (AvgIpc) is 3.02. The molecule has 1 saturated heterocycles. The molecule has 85 heavy (non-hydrogen) atoms. The summed E-state index contributed by atoms with van der Waals surface area (Å²) in [5.74, 6) is -9.52. The van der Waals surface area contributed by atoms with E-state index in [0.29, 0.717) is 6.42 Å². The summed E-state index contributed by atoms with van der Waals surface area (Å²) in [5.41, 5.74) is 0.214. The second-order valence-electron chi connectivity index (χ2n) is 25.7. The summed E-state index contributed by atoms with van der Waals surface area (Å²) >= 11 is 0. The molecule has 0 radical (unpaired) electrons. The van der Waals surface area contributed by atoms with Crippen LogP contribution in [0.5, 0.6) is 0 Å². The summed E-state index contributed by atoms with van der Waals surface area (Å²) in [6.45, 7) is 31.2. The first-order valence-electron chi connectivity index (χ1n) is 30.2. The third kappa shape index (κ3) is 21.5. The van der Waals surface area contributed by atoms with E-state index in [-0.39, 0.29) is 61.3 Å². The highest BCUT2D eigenvalue weighted by molar-refractivity contribution is 6.00. The summed E-state index contributed by atoms with van der Waals surface area (Å²) in [4.78, 5) is 168. The zero-order valence-corrected chi connectivity index (χ0v) is 55.7. The highest BCUT2D eigenvalue weighted by Crippen LogP contribution is 2.25. The van der Waals surface area contributed by atoms with Crippen molar-refractivity contribution < 1.29 is 57.8 Å². The minimum Gasteiger partial charge on any atom is -0.390 e.